The average molecular weight is 289 g/mol. The van der Waals surface area contributed by atoms with Crippen LogP contribution in [0.25, 0.3) is 5.52 Å². The molecule has 0 atom stereocenters. The van der Waals surface area contributed by atoms with E-state index >= 15 is 0 Å². The Balaban J connectivity index is 2.04. The molecule has 0 aliphatic carbocycles. The van der Waals surface area contributed by atoms with E-state index in [4.69, 9.17) is 17.3 Å². The van der Waals surface area contributed by atoms with Crippen molar-refractivity contribution in [3.8, 4) is 0 Å². The van der Waals surface area contributed by atoms with E-state index in [0.717, 1.165) is 11.3 Å². The molecule has 3 rings (SSSR count). The number of hydrogen-bond donors (Lipinski definition) is 1. The molecular formula is C14H13ClN4O. The first-order chi connectivity index (χ1) is 9.54. The Morgan fingerprint density at radius 2 is 2.10 bits per heavy atom. The van der Waals surface area contributed by atoms with Gasteiger partial charge in [-0.3, -0.25) is 4.79 Å². The molecule has 1 aromatic carbocycles. The number of benzene rings is 1. The molecule has 0 bridgehead atoms. The molecule has 0 aliphatic rings. The van der Waals surface area contributed by atoms with Gasteiger partial charge in [-0.2, -0.15) is 5.10 Å². The van der Waals surface area contributed by atoms with E-state index in [2.05, 4.69) is 5.10 Å². The monoisotopic (exact) mass is 288 g/mol. The van der Waals surface area contributed by atoms with Gasteiger partial charge >= 0.3 is 0 Å². The number of halogens is 1. The van der Waals surface area contributed by atoms with E-state index in [1.807, 2.05) is 13.0 Å². The molecule has 2 heterocycles. The highest BCUT2D eigenvalue weighted by Gasteiger charge is 2.06. The number of nitrogens with two attached hydrogens (primary N) is 1. The number of fused-ring (bicyclic) bond motifs is 1. The van der Waals surface area contributed by atoms with Gasteiger partial charge in [0.1, 0.15) is 5.52 Å². The van der Waals surface area contributed by atoms with E-state index in [1.54, 1.807) is 39.7 Å². The van der Waals surface area contributed by atoms with Crippen molar-refractivity contribution in [2.24, 2.45) is 0 Å². The van der Waals surface area contributed by atoms with Gasteiger partial charge in [0.15, 0.2) is 0 Å². The summed E-state index contributed by atoms with van der Waals surface area (Å²) in [4.78, 5) is 12.3. The summed E-state index contributed by atoms with van der Waals surface area (Å²) in [5.74, 6) is 0. The highest BCUT2D eigenvalue weighted by molar-refractivity contribution is 6.33. The summed E-state index contributed by atoms with van der Waals surface area (Å²) in [5.41, 5.74) is 8.51. The van der Waals surface area contributed by atoms with Crippen LogP contribution < -0.4 is 11.3 Å². The Morgan fingerprint density at radius 3 is 2.85 bits per heavy atom. The van der Waals surface area contributed by atoms with Crippen LogP contribution in [0.3, 0.4) is 0 Å². The second kappa shape index (κ2) is 4.68. The van der Waals surface area contributed by atoms with Crippen molar-refractivity contribution in [1.82, 2.24) is 14.2 Å². The van der Waals surface area contributed by atoms with E-state index in [-0.39, 0.29) is 5.56 Å². The molecule has 5 nitrogen and oxygen atoms in total. The summed E-state index contributed by atoms with van der Waals surface area (Å²) in [6, 6.07) is 7.14. The SMILES string of the molecule is Cc1cc2c(=O)n(Cc3ccc(Cl)c(N)c3)ccn2n1. The molecule has 0 spiro atoms. The van der Waals surface area contributed by atoms with Gasteiger partial charge in [-0.05, 0) is 30.7 Å². The van der Waals surface area contributed by atoms with Gasteiger partial charge in [-0.15, -0.1) is 0 Å². The maximum Gasteiger partial charge on any atom is 0.276 e. The fourth-order valence-electron chi connectivity index (χ4n) is 2.16. The maximum atomic E-state index is 12.3. The fraction of sp³-hybridized carbons (Fsp3) is 0.143. The van der Waals surface area contributed by atoms with Crippen LogP contribution >= 0.6 is 11.6 Å². The van der Waals surface area contributed by atoms with Gasteiger partial charge in [-0.25, -0.2) is 4.52 Å². The van der Waals surface area contributed by atoms with Crippen LogP contribution in [0.5, 0.6) is 0 Å². The number of nitrogens with zero attached hydrogens (tertiary/aromatic N) is 3. The Kier molecular flexibility index (Phi) is 2.99. The van der Waals surface area contributed by atoms with Crippen molar-refractivity contribution in [1.29, 1.82) is 0 Å². The maximum absolute atomic E-state index is 12.3. The first-order valence-corrected chi connectivity index (χ1v) is 6.52. The summed E-state index contributed by atoms with van der Waals surface area (Å²) in [7, 11) is 0. The third-order valence-corrected chi connectivity index (χ3v) is 3.48. The molecule has 0 unspecified atom stereocenters. The van der Waals surface area contributed by atoms with Crippen LogP contribution in [0.2, 0.25) is 5.02 Å². The van der Waals surface area contributed by atoms with E-state index < -0.39 is 0 Å². The predicted octanol–water partition coefficient (Wildman–Crippen LogP) is 2.09. The van der Waals surface area contributed by atoms with Crippen molar-refractivity contribution in [3.05, 3.63) is 63.3 Å². The van der Waals surface area contributed by atoms with Gasteiger partial charge < -0.3 is 10.3 Å². The molecule has 0 fully saturated rings. The Hall–Kier alpha value is -2.27. The quantitative estimate of drug-likeness (QED) is 0.734. The molecule has 2 N–H and O–H groups in total. The molecule has 2 aromatic heterocycles. The van der Waals surface area contributed by atoms with Gasteiger partial charge in [0.05, 0.1) is 22.9 Å². The third kappa shape index (κ3) is 2.16. The minimum absolute atomic E-state index is 0.0818. The lowest BCUT2D eigenvalue weighted by molar-refractivity contribution is 0.742. The van der Waals surface area contributed by atoms with E-state index in [9.17, 15) is 4.79 Å². The Morgan fingerprint density at radius 1 is 1.30 bits per heavy atom. The highest BCUT2D eigenvalue weighted by atomic mass is 35.5. The molecule has 0 saturated heterocycles. The van der Waals surface area contributed by atoms with Gasteiger partial charge in [0.2, 0.25) is 0 Å². The molecule has 0 radical (unpaired) electrons. The summed E-state index contributed by atoms with van der Waals surface area (Å²) in [5, 5.41) is 4.73. The average Bonchev–Trinajstić information content (AvgIpc) is 2.79. The second-order valence-corrected chi connectivity index (χ2v) is 5.11. The fourth-order valence-corrected chi connectivity index (χ4v) is 2.28. The lowest BCUT2D eigenvalue weighted by Gasteiger charge is -2.07. The van der Waals surface area contributed by atoms with Crippen molar-refractivity contribution in [2.45, 2.75) is 13.5 Å². The van der Waals surface area contributed by atoms with Crippen molar-refractivity contribution < 1.29 is 0 Å². The normalized spacial score (nSPS) is 11.1. The number of nitrogen functional groups attached to an aromatic ring is 1. The van der Waals surface area contributed by atoms with Gasteiger partial charge in [0.25, 0.3) is 5.56 Å². The van der Waals surface area contributed by atoms with E-state index in [0.29, 0.717) is 22.8 Å². The van der Waals surface area contributed by atoms with Crippen LogP contribution in [0.4, 0.5) is 5.69 Å². The molecule has 0 amide bonds. The number of rotatable bonds is 2. The summed E-state index contributed by atoms with van der Waals surface area (Å²) in [6.07, 6.45) is 3.48. The summed E-state index contributed by atoms with van der Waals surface area (Å²) < 4.78 is 3.21. The second-order valence-electron chi connectivity index (χ2n) is 4.70. The van der Waals surface area contributed by atoms with Crippen LogP contribution in [0, 0.1) is 6.92 Å². The Labute approximate surface area is 120 Å². The van der Waals surface area contributed by atoms with Crippen molar-refractivity contribution in [2.75, 3.05) is 5.73 Å². The largest absolute Gasteiger partial charge is 0.398 e. The number of hydrogen-bond acceptors (Lipinski definition) is 3. The lowest BCUT2D eigenvalue weighted by Crippen LogP contribution is -2.21. The summed E-state index contributed by atoms with van der Waals surface area (Å²) >= 11 is 5.89. The third-order valence-electron chi connectivity index (χ3n) is 3.14. The predicted molar refractivity (Wildman–Crippen MR) is 79.2 cm³/mol. The van der Waals surface area contributed by atoms with Crippen molar-refractivity contribution in [3.63, 3.8) is 0 Å². The van der Waals surface area contributed by atoms with Crippen LogP contribution in [0.15, 0.2) is 41.5 Å². The number of aromatic nitrogens is 3. The molecule has 0 saturated carbocycles. The van der Waals surface area contributed by atoms with Gasteiger partial charge in [0, 0.05) is 12.4 Å². The highest BCUT2D eigenvalue weighted by Crippen LogP contribution is 2.19. The van der Waals surface area contributed by atoms with Crippen LogP contribution in [0.1, 0.15) is 11.3 Å². The summed E-state index contributed by atoms with van der Waals surface area (Å²) in [6.45, 7) is 2.30. The number of aryl methyl sites for hydroxylation is 1. The van der Waals surface area contributed by atoms with E-state index in [1.165, 1.54) is 0 Å². The molecule has 102 valence electrons. The van der Waals surface area contributed by atoms with Crippen LogP contribution in [-0.2, 0) is 6.54 Å². The molecular weight excluding hydrogens is 276 g/mol. The molecule has 6 heteroatoms. The minimum atomic E-state index is -0.0818. The molecule has 3 aromatic rings. The lowest BCUT2D eigenvalue weighted by atomic mass is 10.2. The molecule has 0 aliphatic heterocycles. The first kappa shape index (κ1) is 12.7. The van der Waals surface area contributed by atoms with Gasteiger partial charge in [-0.1, -0.05) is 17.7 Å². The zero-order valence-electron chi connectivity index (χ0n) is 10.9. The van der Waals surface area contributed by atoms with Crippen molar-refractivity contribution >= 4 is 22.8 Å². The standard InChI is InChI=1S/C14H13ClN4O/c1-9-6-13-14(20)18(4-5-19(13)17-9)8-10-2-3-11(15)12(16)7-10/h2-7H,8,16H2,1H3. The number of anilines is 1. The smallest absolute Gasteiger partial charge is 0.276 e. The zero-order valence-corrected chi connectivity index (χ0v) is 11.6. The molecule has 20 heavy (non-hydrogen) atoms. The van der Waals surface area contributed by atoms with Crippen LogP contribution in [-0.4, -0.2) is 14.2 Å². The minimum Gasteiger partial charge on any atom is -0.398 e. The zero-order chi connectivity index (χ0) is 14.3. The topological polar surface area (TPSA) is 65.3 Å². The Bertz CT molecular complexity index is 850. The first-order valence-electron chi connectivity index (χ1n) is 6.14.